The van der Waals surface area contributed by atoms with E-state index in [0.717, 1.165) is 35.0 Å². The van der Waals surface area contributed by atoms with E-state index in [1.807, 2.05) is 30.0 Å². The lowest BCUT2D eigenvalue weighted by molar-refractivity contribution is 0.0546. The van der Waals surface area contributed by atoms with Gasteiger partial charge in [-0.2, -0.15) is 0 Å². The fraction of sp³-hybridized carbons (Fsp3) is 0.412. The summed E-state index contributed by atoms with van der Waals surface area (Å²) in [6.07, 6.45) is 0. The van der Waals surface area contributed by atoms with Gasteiger partial charge in [-0.15, -0.1) is 11.3 Å². The highest BCUT2D eigenvalue weighted by atomic mass is 32.1. The van der Waals surface area contributed by atoms with Crippen LogP contribution < -0.4 is 4.74 Å². The number of rotatable bonds is 3. The third kappa shape index (κ3) is 3.09. The molecule has 1 fully saturated rings. The summed E-state index contributed by atoms with van der Waals surface area (Å²) in [5.41, 5.74) is 3.67. The van der Waals surface area contributed by atoms with Crippen molar-refractivity contribution in [1.29, 1.82) is 0 Å². The third-order valence-corrected chi connectivity index (χ3v) is 5.29. The first kappa shape index (κ1) is 16.0. The van der Waals surface area contributed by atoms with Crippen molar-refractivity contribution in [1.82, 2.24) is 14.8 Å². The predicted octanol–water partition coefficient (Wildman–Crippen LogP) is 2.59. The summed E-state index contributed by atoms with van der Waals surface area (Å²) in [6, 6.07) is 8.16. The Kier molecular flexibility index (Phi) is 4.63. The molecule has 2 aromatic rings. The fourth-order valence-corrected chi connectivity index (χ4v) is 3.76. The minimum atomic E-state index is 0.0815. The van der Waals surface area contributed by atoms with Gasteiger partial charge in [-0.3, -0.25) is 9.69 Å². The highest BCUT2D eigenvalue weighted by Gasteiger charge is 2.31. The fourth-order valence-electron chi connectivity index (χ4n) is 2.99. The molecule has 0 radical (unpaired) electrons. The van der Waals surface area contributed by atoms with Crippen molar-refractivity contribution < 1.29 is 9.53 Å². The van der Waals surface area contributed by atoms with Gasteiger partial charge in [0.05, 0.1) is 24.4 Å². The van der Waals surface area contributed by atoms with Gasteiger partial charge in [-0.1, -0.05) is 18.2 Å². The minimum Gasteiger partial charge on any atom is -0.496 e. The molecule has 1 aliphatic heterocycles. The lowest BCUT2D eigenvalue weighted by Gasteiger charge is -2.40. The summed E-state index contributed by atoms with van der Waals surface area (Å²) in [6.45, 7) is 4.12. The molecule has 1 aromatic heterocycles. The third-order valence-electron chi connectivity index (χ3n) is 4.37. The Morgan fingerprint density at radius 2 is 2.13 bits per heavy atom. The molecular weight excluding hydrogens is 310 g/mol. The molecule has 0 aliphatic carbocycles. The van der Waals surface area contributed by atoms with Gasteiger partial charge in [0.15, 0.2) is 0 Å². The van der Waals surface area contributed by atoms with E-state index in [9.17, 15) is 4.79 Å². The number of benzene rings is 1. The predicted molar refractivity (Wildman–Crippen MR) is 91.1 cm³/mol. The number of para-hydroxylation sites is 1. The lowest BCUT2D eigenvalue weighted by Crippen LogP contribution is -2.49. The lowest BCUT2D eigenvalue weighted by atomic mass is 10.0. The first-order valence-corrected chi connectivity index (χ1v) is 8.52. The summed E-state index contributed by atoms with van der Waals surface area (Å²) in [7, 11) is 3.78. The molecule has 0 bridgehead atoms. The number of methoxy groups -OCH3 is 1. The summed E-state index contributed by atoms with van der Waals surface area (Å²) in [5.74, 6) is 0.950. The Morgan fingerprint density at radius 3 is 2.83 bits per heavy atom. The largest absolute Gasteiger partial charge is 0.496 e. The van der Waals surface area contributed by atoms with Crippen LogP contribution in [0, 0.1) is 6.92 Å². The van der Waals surface area contributed by atoms with Gasteiger partial charge in [0.1, 0.15) is 10.6 Å². The summed E-state index contributed by atoms with van der Waals surface area (Å²) in [4.78, 5) is 21.9. The number of piperazine rings is 1. The molecule has 2 heterocycles. The maximum absolute atomic E-state index is 12.8. The van der Waals surface area contributed by atoms with Crippen LogP contribution >= 0.6 is 11.3 Å². The summed E-state index contributed by atoms with van der Waals surface area (Å²) < 4.78 is 5.50. The average molecular weight is 331 g/mol. The molecular formula is C17H21N3O2S. The summed E-state index contributed by atoms with van der Waals surface area (Å²) >= 11 is 1.42. The van der Waals surface area contributed by atoms with Crippen molar-refractivity contribution >= 4 is 17.2 Å². The zero-order chi connectivity index (χ0) is 16.4. The van der Waals surface area contributed by atoms with E-state index in [-0.39, 0.29) is 11.9 Å². The molecule has 0 unspecified atom stereocenters. The molecule has 0 saturated carbocycles. The molecule has 23 heavy (non-hydrogen) atoms. The normalized spacial score (nSPS) is 18.9. The van der Waals surface area contributed by atoms with Crippen molar-refractivity contribution in [2.24, 2.45) is 0 Å². The quantitative estimate of drug-likeness (QED) is 0.867. The van der Waals surface area contributed by atoms with Crippen molar-refractivity contribution in [3.05, 3.63) is 45.9 Å². The number of carbonyl (C=O) groups is 1. The number of amides is 1. The van der Waals surface area contributed by atoms with Crippen LogP contribution in [0.25, 0.3) is 0 Å². The Labute approximate surface area is 140 Å². The number of carbonyl (C=O) groups excluding carboxylic acids is 1. The number of aryl methyl sites for hydroxylation is 1. The first-order valence-electron chi connectivity index (χ1n) is 7.64. The number of thiazole rings is 1. The van der Waals surface area contributed by atoms with E-state index in [2.05, 4.69) is 23.0 Å². The maximum Gasteiger partial charge on any atom is 0.265 e. The average Bonchev–Trinajstić information content (AvgIpc) is 3.00. The molecule has 6 heteroatoms. The molecule has 122 valence electrons. The number of nitrogens with zero attached hydrogens (tertiary/aromatic N) is 3. The van der Waals surface area contributed by atoms with Gasteiger partial charge in [0.25, 0.3) is 5.91 Å². The van der Waals surface area contributed by atoms with Gasteiger partial charge < -0.3 is 9.64 Å². The Bertz CT molecular complexity index is 701. The number of aromatic nitrogens is 1. The van der Waals surface area contributed by atoms with Gasteiger partial charge in [0.2, 0.25) is 0 Å². The van der Waals surface area contributed by atoms with Gasteiger partial charge >= 0.3 is 0 Å². The summed E-state index contributed by atoms with van der Waals surface area (Å²) in [5, 5.41) is 0. The van der Waals surface area contributed by atoms with E-state index in [1.165, 1.54) is 11.3 Å². The van der Waals surface area contributed by atoms with Crippen molar-refractivity contribution in [3.8, 4) is 5.75 Å². The van der Waals surface area contributed by atoms with Gasteiger partial charge in [-0.05, 0) is 20.0 Å². The van der Waals surface area contributed by atoms with E-state index < -0.39 is 0 Å². The van der Waals surface area contributed by atoms with Crippen molar-refractivity contribution in [3.63, 3.8) is 0 Å². The van der Waals surface area contributed by atoms with Crippen molar-refractivity contribution in [2.45, 2.75) is 13.0 Å². The highest BCUT2D eigenvalue weighted by molar-refractivity contribution is 7.11. The first-order chi connectivity index (χ1) is 11.1. The zero-order valence-electron chi connectivity index (χ0n) is 13.7. The van der Waals surface area contributed by atoms with Gasteiger partial charge in [0, 0.05) is 25.2 Å². The van der Waals surface area contributed by atoms with Crippen LogP contribution in [-0.2, 0) is 0 Å². The van der Waals surface area contributed by atoms with Crippen LogP contribution in [0.4, 0.5) is 0 Å². The smallest absolute Gasteiger partial charge is 0.265 e. The SMILES string of the molecule is COc1ccccc1[C@@H]1CN(C(=O)c2scnc2C)CCN1C. The van der Waals surface area contributed by atoms with Crippen LogP contribution in [0.3, 0.4) is 0 Å². The number of hydrogen-bond acceptors (Lipinski definition) is 5. The van der Waals surface area contributed by atoms with Crippen molar-refractivity contribution in [2.75, 3.05) is 33.8 Å². The Hall–Kier alpha value is -1.92. The number of likely N-dealkylation sites (N-methyl/N-ethyl adjacent to an activating group) is 1. The zero-order valence-corrected chi connectivity index (χ0v) is 14.5. The van der Waals surface area contributed by atoms with E-state index >= 15 is 0 Å². The molecule has 1 atom stereocenters. The molecule has 0 spiro atoms. The highest BCUT2D eigenvalue weighted by Crippen LogP contribution is 2.32. The molecule has 1 aromatic carbocycles. The maximum atomic E-state index is 12.8. The second kappa shape index (κ2) is 6.68. The standard InChI is InChI=1S/C17H21N3O2S/c1-12-16(23-11-18-12)17(21)20-9-8-19(2)14(10-20)13-6-4-5-7-15(13)22-3/h4-7,11,14H,8-10H2,1-3H3/t14-/m0/s1. The Balaban J connectivity index is 1.85. The van der Waals surface area contributed by atoms with Crippen LogP contribution in [0.5, 0.6) is 5.75 Å². The molecule has 1 saturated heterocycles. The molecule has 1 amide bonds. The van der Waals surface area contributed by atoms with Crippen LogP contribution in [-0.4, -0.2) is 54.5 Å². The van der Waals surface area contributed by atoms with Crippen LogP contribution in [0.1, 0.15) is 27.0 Å². The molecule has 5 nitrogen and oxygen atoms in total. The number of ether oxygens (including phenoxy) is 1. The van der Waals surface area contributed by atoms with E-state index in [1.54, 1.807) is 12.6 Å². The van der Waals surface area contributed by atoms with Gasteiger partial charge in [-0.25, -0.2) is 4.98 Å². The van der Waals surface area contributed by atoms with E-state index in [4.69, 9.17) is 4.74 Å². The Morgan fingerprint density at radius 1 is 1.35 bits per heavy atom. The second-order valence-corrected chi connectivity index (χ2v) is 6.61. The van der Waals surface area contributed by atoms with Crippen LogP contribution in [0.2, 0.25) is 0 Å². The topological polar surface area (TPSA) is 45.7 Å². The molecule has 1 aliphatic rings. The number of hydrogen-bond donors (Lipinski definition) is 0. The molecule has 3 rings (SSSR count). The molecule has 0 N–H and O–H groups in total. The second-order valence-electron chi connectivity index (χ2n) is 5.76. The van der Waals surface area contributed by atoms with E-state index in [0.29, 0.717) is 6.54 Å². The minimum absolute atomic E-state index is 0.0815. The van der Waals surface area contributed by atoms with Crippen LogP contribution in [0.15, 0.2) is 29.8 Å². The monoisotopic (exact) mass is 331 g/mol.